The van der Waals surface area contributed by atoms with Crippen molar-refractivity contribution in [1.29, 1.82) is 0 Å². The zero-order valence-electron chi connectivity index (χ0n) is 21.7. The number of fused-ring (bicyclic) bond motifs is 9. The zero-order valence-corrected chi connectivity index (χ0v) is 21.7. The number of aryl methyl sites for hydroxylation is 1. The maximum Gasteiger partial charge on any atom is 0.249 e. The lowest BCUT2D eigenvalue weighted by Crippen LogP contribution is -2.53. The molecule has 2 aliphatic rings. The summed E-state index contributed by atoms with van der Waals surface area (Å²) < 4.78 is 34.7. The fraction of sp³-hybridized carbons (Fsp3) is 0.143. The number of nitrogens with zero attached hydrogens (tertiary/aromatic N) is 2. The molecule has 39 heavy (non-hydrogen) atoms. The molecule has 2 aliphatic heterocycles. The molecule has 0 bridgehead atoms. The van der Waals surface area contributed by atoms with Gasteiger partial charge in [0.15, 0.2) is 12.4 Å². The first-order valence-corrected chi connectivity index (χ1v) is 13.4. The van der Waals surface area contributed by atoms with E-state index in [1.807, 2.05) is 24.3 Å². The molecule has 2 unspecified atom stereocenters. The van der Waals surface area contributed by atoms with Crippen LogP contribution in [0.5, 0.6) is 0 Å². The fourth-order valence-corrected chi connectivity index (χ4v) is 6.61. The smallest absolute Gasteiger partial charge is 0.207 e. The van der Waals surface area contributed by atoms with E-state index in [0.717, 1.165) is 39.8 Å². The van der Waals surface area contributed by atoms with Crippen LogP contribution in [0.1, 0.15) is 35.1 Å². The summed E-state index contributed by atoms with van der Waals surface area (Å²) in [5.74, 6) is -1.01. The van der Waals surface area contributed by atoms with Crippen LogP contribution in [0.25, 0.3) is 39.3 Å². The van der Waals surface area contributed by atoms with Crippen molar-refractivity contribution < 1.29 is 17.9 Å². The molecular weight excluding hydrogens is 486 g/mol. The minimum absolute atomic E-state index is 0.0680. The Morgan fingerprint density at radius 3 is 2.41 bits per heavy atom. The number of hydrogen-bond donors (Lipinski definition) is 0. The van der Waals surface area contributed by atoms with E-state index in [2.05, 4.69) is 89.6 Å². The van der Waals surface area contributed by atoms with Crippen LogP contribution in [0.3, 0.4) is 0 Å². The number of allylic oxidation sites excluding steroid dienone is 1. The Balaban J connectivity index is 1.54. The quantitative estimate of drug-likeness (QED) is 0.204. The minimum atomic E-state index is -0.577. The van der Waals surface area contributed by atoms with Gasteiger partial charge in [0.05, 0.1) is 11.5 Å². The normalized spacial score (nSPS) is 17.5. The van der Waals surface area contributed by atoms with Gasteiger partial charge in [-0.05, 0) is 61.2 Å². The summed E-state index contributed by atoms with van der Waals surface area (Å²) in [5, 5.41) is 0. The summed E-state index contributed by atoms with van der Waals surface area (Å²) in [4.78, 5) is 0. The molecule has 0 radical (unpaired) electrons. The molecule has 5 aromatic rings. The second-order valence-corrected chi connectivity index (χ2v) is 10.6. The van der Waals surface area contributed by atoms with Gasteiger partial charge in [-0.2, -0.15) is 9.13 Å². The summed E-state index contributed by atoms with van der Waals surface area (Å²) in [5.41, 5.74) is 9.46. The van der Waals surface area contributed by atoms with Gasteiger partial charge < -0.3 is 0 Å². The van der Waals surface area contributed by atoms with E-state index in [4.69, 9.17) is 0 Å². The second kappa shape index (κ2) is 9.09. The molecule has 2 atom stereocenters. The highest BCUT2D eigenvalue weighted by molar-refractivity contribution is 5.74. The lowest BCUT2D eigenvalue weighted by atomic mass is 9.78. The molecule has 0 aliphatic carbocycles. The van der Waals surface area contributed by atoms with E-state index in [1.54, 1.807) is 0 Å². The van der Waals surface area contributed by atoms with Crippen molar-refractivity contribution in [3.8, 4) is 33.6 Å². The van der Waals surface area contributed by atoms with E-state index in [-0.39, 0.29) is 12.0 Å². The van der Waals surface area contributed by atoms with Crippen LogP contribution in [0, 0.1) is 18.6 Å². The molecule has 4 heterocycles. The first-order valence-electron chi connectivity index (χ1n) is 13.4. The number of pyridine rings is 2. The summed E-state index contributed by atoms with van der Waals surface area (Å²) in [6.07, 6.45) is 5.39. The van der Waals surface area contributed by atoms with Crippen molar-refractivity contribution in [3.63, 3.8) is 0 Å². The van der Waals surface area contributed by atoms with Crippen molar-refractivity contribution in [2.75, 3.05) is 0 Å². The molecule has 0 spiro atoms. The number of halogens is 2. The van der Waals surface area contributed by atoms with Crippen molar-refractivity contribution in [2.45, 2.75) is 31.7 Å². The first-order chi connectivity index (χ1) is 19.0. The third kappa shape index (κ3) is 3.74. The first kappa shape index (κ1) is 23.7. The average molecular weight is 515 g/mol. The monoisotopic (exact) mass is 514 g/mol. The van der Waals surface area contributed by atoms with Crippen molar-refractivity contribution in [3.05, 3.63) is 138 Å². The van der Waals surface area contributed by atoms with Crippen LogP contribution in [0.4, 0.5) is 8.78 Å². The van der Waals surface area contributed by atoms with E-state index < -0.39 is 11.6 Å². The van der Waals surface area contributed by atoms with Crippen LogP contribution < -0.4 is 9.13 Å². The van der Waals surface area contributed by atoms with Crippen molar-refractivity contribution in [2.24, 2.45) is 0 Å². The highest BCUT2D eigenvalue weighted by atomic mass is 19.1. The molecule has 2 aromatic heterocycles. The Hall–Kier alpha value is -4.44. The maximum atomic E-state index is 15.6. The van der Waals surface area contributed by atoms with Gasteiger partial charge in [-0.15, -0.1) is 0 Å². The molecule has 3 aromatic carbocycles. The summed E-state index contributed by atoms with van der Waals surface area (Å²) in [6.45, 7) is 6.75. The van der Waals surface area contributed by atoms with Crippen LogP contribution in [-0.2, 0) is 6.42 Å². The third-order valence-corrected chi connectivity index (χ3v) is 8.37. The van der Waals surface area contributed by atoms with Gasteiger partial charge in [0.1, 0.15) is 11.6 Å². The van der Waals surface area contributed by atoms with Gasteiger partial charge >= 0.3 is 0 Å². The molecule has 2 nitrogen and oxygen atoms in total. The van der Waals surface area contributed by atoms with E-state index in [1.165, 1.54) is 17.2 Å². The maximum absolute atomic E-state index is 15.6. The molecule has 190 valence electrons. The minimum Gasteiger partial charge on any atom is -0.207 e. The van der Waals surface area contributed by atoms with Crippen LogP contribution in [-0.4, -0.2) is 0 Å². The molecule has 4 heteroatoms. The Bertz CT molecular complexity index is 1770. The Morgan fingerprint density at radius 1 is 0.795 bits per heavy atom. The highest BCUT2D eigenvalue weighted by Crippen LogP contribution is 2.45. The molecular formula is C35H28F2N2+2. The molecule has 0 saturated carbocycles. The Labute approximate surface area is 227 Å². The number of rotatable bonds is 1. The van der Waals surface area contributed by atoms with Crippen LogP contribution in [0.15, 0.2) is 110 Å². The van der Waals surface area contributed by atoms with Gasteiger partial charge in [-0.25, -0.2) is 8.78 Å². The number of aromatic nitrogens is 2. The van der Waals surface area contributed by atoms with Crippen molar-refractivity contribution in [1.82, 2.24) is 0 Å². The van der Waals surface area contributed by atoms with E-state index in [9.17, 15) is 4.39 Å². The molecule has 0 amide bonds. The number of hydrogen-bond acceptors (Lipinski definition) is 0. The standard InChI is InChI=1S/C35H28F2N2/c1-22-21-39-23(2)35-29(26-12-6-7-13-28(26)33-14-8-9-17-38(33)35)16-15-27-31(18-25(36)19-32(27)37)34(39)20-30(22)24-10-4-3-5-11-24/h3-14,17-21,29,35H,2,15-16H2,1H3/q+2. The summed E-state index contributed by atoms with van der Waals surface area (Å²) in [6, 6.07) is 29.3. The van der Waals surface area contributed by atoms with Crippen LogP contribution >= 0.6 is 0 Å². The largest absolute Gasteiger partial charge is 0.249 e. The van der Waals surface area contributed by atoms with Crippen molar-refractivity contribution >= 4 is 5.70 Å². The fourth-order valence-electron chi connectivity index (χ4n) is 6.61. The topological polar surface area (TPSA) is 7.76 Å². The Morgan fingerprint density at radius 2 is 1.56 bits per heavy atom. The third-order valence-electron chi connectivity index (χ3n) is 8.37. The van der Waals surface area contributed by atoms with Gasteiger partial charge in [-0.1, -0.05) is 48.5 Å². The SMILES string of the molecule is C=C1C2C(CCc3c(F)cc(F)cc3-c3cc(-c4ccccc4)c(C)c[n+]31)c1ccccc1-c1cccc[n+]12. The van der Waals surface area contributed by atoms with Gasteiger partial charge in [0.25, 0.3) is 0 Å². The van der Waals surface area contributed by atoms with Gasteiger partial charge in [0, 0.05) is 41.0 Å². The zero-order chi connectivity index (χ0) is 26.7. The summed E-state index contributed by atoms with van der Waals surface area (Å²) >= 11 is 0. The summed E-state index contributed by atoms with van der Waals surface area (Å²) in [7, 11) is 0. The van der Waals surface area contributed by atoms with E-state index >= 15 is 4.39 Å². The molecule has 0 saturated heterocycles. The highest BCUT2D eigenvalue weighted by Gasteiger charge is 2.47. The average Bonchev–Trinajstić information content (AvgIpc) is 3.00. The molecule has 0 fully saturated rings. The molecule has 0 N–H and O–H groups in total. The molecule has 7 rings (SSSR count). The van der Waals surface area contributed by atoms with Crippen LogP contribution in [0.2, 0.25) is 0 Å². The number of benzene rings is 3. The van der Waals surface area contributed by atoms with Gasteiger partial charge in [0.2, 0.25) is 23.1 Å². The van der Waals surface area contributed by atoms with Gasteiger partial charge in [-0.3, -0.25) is 0 Å². The lowest BCUT2D eigenvalue weighted by molar-refractivity contribution is -0.727. The van der Waals surface area contributed by atoms with E-state index in [0.29, 0.717) is 24.0 Å². The second-order valence-electron chi connectivity index (χ2n) is 10.6. The predicted octanol–water partition coefficient (Wildman–Crippen LogP) is 7.60. The lowest BCUT2D eigenvalue weighted by Gasteiger charge is -2.29. The Kier molecular flexibility index (Phi) is 5.52. The predicted molar refractivity (Wildman–Crippen MR) is 150 cm³/mol.